The Labute approximate surface area is 109 Å². The summed E-state index contributed by atoms with van der Waals surface area (Å²) in [6.07, 6.45) is 7.29. The molecule has 100 valence electrons. The van der Waals surface area contributed by atoms with Crippen molar-refractivity contribution in [3.63, 3.8) is 0 Å². The quantitative estimate of drug-likeness (QED) is 0.821. The molecule has 1 saturated heterocycles. The molecule has 0 radical (unpaired) electrons. The van der Waals surface area contributed by atoms with E-state index in [0.29, 0.717) is 12.7 Å². The minimum absolute atomic E-state index is 0.127. The van der Waals surface area contributed by atoms with Gasteiger partial charge in [-0.15, -0.1) is 0 Å². The SMILES string of the molecule is OCCOC1CCN(CCc2ccncc2)CC1. The Morgan fingerprint density at radius 1 is 1.28 bits per heavy atom. The fourth-order valence-electron chi connectivity index (χ4n) is 2.36. The summed E-state index contributed by atoms with van der Waals surface area (Å²) in [6.45, 7) is 3.91. The standard InChI is InChI=1S/C14H22N2O2/c17-11-12-18-14-4-9-16(10-5-14)8-3-13-1-6-15-7-2-13/h1-2,6-7,14,17H,3-5,8-12H2. The van der Waals surface area contributed by atoms with E-state index in [2.05, 4.69) is 22.0 Å². The molecule has 1 aromatic heterocycles. The van der Waals surface area contributed by atoms with Crippen LogP contribution in [0.3, 0.4) is 0 Å². The molecule has 1 N–H and O–H groups in total. The van der Waals surface area contributed by atoms with Crippen molar-refractivity contribution < 1.29 is 9.84 Å². The van der Waals surface area contributed by atoms with Crippen molar-refractivity contribution in [2.24, 2.45) is 0 Å². The highest BCUT2D eigenvalue weighted by Crippen LogP contribution is 2.14. The molecular weight excluding hydrogens is 228 g/mol. The second-order valence-electron chi connectivity index (χ2n) is 4.74. The molecule has 0 amide bonds. The number of piperidine rings is 1. The van der Waals surface area contributed by atoms with Crippen LogP contribution in [-0.2, 0) is 11.2 Å². The number of rotatable bonds is 6. The highest BCUT2D eigenvalue weighted by atomic mass is 16.5. The van der Waals surface area contributed by atoms with E-state index < -0.39 is 0 Å². The van der Waals surface area contributed by atoms with Crippen LogP contribution in [0.25, 0.3) is 0 Å². The number of hydrogen-bond donors (Lipinski definition) is 1. The zero-order chi connectivity index (χ0) is 12.6. The van der Waals surface area contributed by atoms with Gasteiger partial charge in [-0.25, -0.2) is 0 Å². The monoisotopic (exact) mass is 250 g/mol. The fourth-order valence-corrected chi connectivity index (χ4v) is 2.36. The summed E-state index contributed by atoms with van der Waals surface area (Å²) in [5.41, 5.74) is 1.35. The van der Waals surface area contributed by atoms with Crippen LogP contribution >= 0.6 is 0 Å². The van der Waals surface area contributed by atoms with Gasteiger partial charge < -0.3 is 14.7 Å². The maximum absolute atomic E-state index is 8.72. The van der Waals surface area contributed by atoms with Crippen LogP contribution in [0.5, 0.6) is 0 Å². The number of aliphatic hydroxyl groups is 1. The lowest BCUT2D eigenvalue weighted by molar-refractivity contribution is -0.00748. The van der Waals surface area contributed by atoms with Crippen LogP contribution < -0.4 is 0 Å². The molecule has 0 spiro atoms. The average Bonchev–Trinajstić information content (AvgIpc) is 2.45. The normalized spacial score (nSPS) is 18.1. The molecule has 1 aromatic rings. The molecule has 2 heterocycles. The highest BCUT2D eigenvalue weighted by molar-refractivity contribution is 5.09. The number of pyridine rings is 1. The van der Waals surface area contributed by atoms with Crippen molar-refractivity contribution in [2.75, 3.05) is 32.8 Å². The first-order valence-corrected chi connectivity index (χ1v) is 6.72. The van der Waals surface area contributed by atoms with E-state index in [4.69, 9.17) is 9.84 Å². The van der Waals surface area contributed by atoms with Crippen molar-refractivity contribution in [2.45, 2.75) is 25.4 Å². The first kappa shape index (κ1) is 13.5. The third-order valence-electron chi connectivity index (χ3n) is 3.45. The molecule has 4 nitrogen and oxygen atoms in total. The van der Waals surface area contributed by atoms with Crippen LogP contribution in [-0.4, -0.2) is 53.9 Å². The van der Waals surface area contributed by atoms with Crippen LogP contribution in [0.4, 0.5) is 0 Å². The van der Waals surface area contributed by atoms with E-state index in [-0.39, 0.29) is 6.61 Å². The summed E-state index contributed by atoms with van der Waals surface area (Å²) < 4.78 is 5.56. The molecule has 0 atom stereocenters. The number of aliphatic hydroxyl groups excluding tert-OH is 1. The lowest BCUT2D eigenvalue weighted by Gasteiger charge is -2.31. The van der Waals surface area contributed by atoms with E-state index in [1.165, 1.54) is 5.56 Å². The summed E-state index contributed by atoms with van der Waals surface area (Å²) in [6, 6.07) is 4.16. The summed E-state index contributed by atoms with van der Waals surface area (Å²) in [5.74, 6) is 0. The number of hydrogen-bond acceptors (Lipinski definition) is 4. The van der Waals surface area contributed by atoms with Gasteiger partial charge in [-0.2, -0.15) is 0 Å². The van der Waals surface area contributed by atoms with Gasteiger partial charge in [-0.1, -0.05) is 0 Å². The van der Waals surface area contributed by atoms with E-state index in [0.717, 1.165) is 38.9 Å². The van der Waals surface area contributed by atoms with Gasteiger partial charge in [-0.05, 0) is 37.0 Å². The molecular formula is C14H22N2O2. The lowest BCUT2D eigenvalue weighted by Crippen LogP contribution is -2.38. The Balaban J connectivity index is 1.65. The van der Waals surface area contributed by atoms with Gasteiger partial charge in [0.1, 0.15) is 0 Å². The first-order chi connectivity index (χ1) is 8.88. The molecule has 2 rings (SSSR count). The van der Waals surface area contributed by atoms with E-state index in [1.54, 1.807) is 0 Å². The van der Waals surface area contributed by atoms with Gasteiger partial charge in [0.05, 0.1) is 19.3 Å². The average molecular weight is 250 g/mol. The van der Waals surface area contributed by atoms with Crippen molar-refractivity contribution in [3.05, 3.63) is 30.1 Å². The second-order valence-corrected chi connectivity index (χ2v) is 4.74. The van der Waals surface area contributed by atoms with Gasteiger partial charge in [-0.3, -0.25) is 4.98 Å². The predicted octanol–water partition coefficient (Wildman–Crippen LogP) is 1.10. The zero-order valence-electron chi connectivity index (χ0n) is 10.8. The van der Waals surface area contributed by atoms with Crippen molar-refractivity contribution >= 4 is 0 Å². The molecule has 0 saturated carbocycles. The number of aromatic nitrogens is 1. The Bertz CT molecular complexity index is 324. The molecule has 4 heteroatoms. The van der Waals surface area contributed by atoms with Crippen LogP contribution in [0, 0.1) is 0 Å². The topological polar surface area (TPSA) is 45.6 Å². The third-order valence-corrected chi connectivity index (χ3v) is 3.45. The minimum Gasteiger partial charge on any atom is -0.394 e. The molecule has 1 fully saturated rings. The molecule has 18 heavy (non-hydrogen) atoms. The minimum atomic E-state index is 0.127. The Morgan fingerprint density at radius 2 is 2.00 bits per heavy atom. The Morgan fingerprint density at radius 3 is 2.67 bits per heavy atom. The molecule has 0 aliphatic carbocycles. The maximum Gasteiger partial charge on any atom is 0.0701 e. The van der Waals surface area contributed by atoms with Gasteiger partial charge in [0, 0.05) is 32.0 Å². The van der Waals surface area contributed by atoms with Gasteiger partial charge >= 0.3 is 0 Å². The van der Waals surface area contributed by atoms with Crippen molar-refractivity contribution in [1.29, 1.82) is 0 Å². The first-order valence-electron chi connectivity index (χ1n) is 6.72. The largest absolute Gasteiger partial charge is 0.394 e. The fraction of sp³-hybridized carbons (Fsp3) is 0.643. The summed E-state index contributed by atoms with van der Waals surface area (Å²) in [7, 11) is 0. The molecule has 0 aromatic carbocycles. The van der Waals surface area contributed by atoms with E-state index in [1.807, 2.05) is 12.4 Å². The molecule has 0 unspecified atom stereocenters. The number of ether oxygens (including phenoxy) is 1. The Kier molecular flexibility index (Phi) is 5.58. The van der Waals surface area contributed by atoms with Crippen LogP contribution in [0.15, 0.2) is 24.5 Å². The lowest BCUT2D eigenvalue weighted by atomic mass is 10.1. The van der Waals surface area contributed by atoms with E-state index >= 15 is 0 Å². The maximum atomic E-state index is 8.72. The molecule has 1 aliphatic heterocycles. The molecule has 0 bridgehead atoms. The van der Waals surface area contributed by atoms with Gasteiger partial charge in [0.15, 0.2) is 0 Å². The number of nitrogens with zero attached hydrogens (tertiary/aromatic N) is 2. The van der Waals surface area contributed by atoms with E-state index in [9.17, 15) is 0 Å². The predicted molar refractivity (Wildman–Crippen MR) is 70.4 cm³/mol. The van der Waals surface area contributed by atoms with Crippen LogP contribution in [0.2, 0.25) is 0 Å². The zero-order valence-corrected chi connectivity index (χ0v) is 10.8. The summed E-state index contributed by atoms with van der Waals surface area (Å²) in [4.78, 5) is 6.51. The second kappa shape index (κ2) is 7.46. The van der Waals surface area contributed by atoms with Crippen LogP contribution in [0.1, 0.15) is 18.4 Å². The van der Waals surface area contributed by atoms with Crippen molar-refractivity contribution in [1.82, 2.24) is 9.88 Å². The molecule has 1 aliphatic rings. The highest BCUT2D eigenvalue weighted by Gasteiger charge is 2.18. The number of likely N-dealkylation sites (tertiary alicyclic amines) is 1. The Hall–Kier alpha value is -0.970. The van der Waals surface area contributed by atoms with Gasteiger partial charge in [0.25, 0.3) is 0 Å². The summed E-state index contributed by atoms with van der Waals surface area (Å²) >= 11 is 0. The van der Waals surface area contributed by atoms with Gasteiger partial charge in [0.2, 0.25) is 0 Å². The third kappa shape index (κ3) is 4.37. The summed E-state index contributed by atoms with van der Waals surface area (Å²) in [5, 5.41) is 8.72. The van der Waals surface area contributed by atoms with Crippen molar-refractivity contribution in [3.8, 4) is 0 Å². The smallest absolute Gasteiger partial charge is 0.0701 e.